The molecule has 0 spiro atoms. The lowest BCUT2D eigenvalue weighted by Gasteiger charge is -2.23. The quantitative estimate of drug-likeness (QED) is 0.430. The normalized spacial score (nSPS) is 10.7. The van der Waals surface area contributed by atoms with Crippen molar-refractivity contribution in [3.8, 4) is 0 Å². The van der Waals surface area contributed by atoms with Gasteiger partial charge in [-0.15, -0.1) is 0 Å². The van der Waals surface area contributed by atoms with Gasteiger partial charge in [0.1, 0.15) is 18.2 Å². The fourth-order valence-electron chi connectivity index (χ4n) is 3.53. The monoisotopic (exact) mass is 490 g/mol. The predicted molar refractivity (Wildman–Crippen MR) is 138 cm³/mol. The van der Waals surface area contributed by atoms with E-state index in [0.717, 1.165) is 16.7 Å². The number of anilines is 2. The van der Waals surface area contributed by atoms with Gasteiger partial charge in [0, 0.05) is 31.3 Å². The van der Waals surface area contributed by atoms with Gasteiger partial charge in [-0.25, -0.2) is 9.37 Å². The first kappa shape index (κ1) is 26.5. The molecule has 1 aromatic heterocycles. The third-order valence-electron chi connectivity index (χ3n) is 5.63. The van der Waals surface area contributed by atoms with E-state index in [1.54, 1.807) is 36.5 Å². The standard InChI is InChI=1S/C28H31FN4O3/c1-19(2)22-6-10-24(11-7-22)33(18-27(35)31-17-21-4-8-23(29)9-5-21)28(36)13-12-26(34)32-25-16-20(3)14-15-30-25/h4-11,14-16,19H,12-13,17-18H2,1-3H3,(H,31,35)(H,30,32,34). The Morgan fingerprint density at radius 1 is 0.944 bits per heavy atom. The maximum absolute atomic E-state index is 13.1. The molecule has 36 heavy (non-hydrogen) atoms. The number of benzene rings is 2. The van der Waals surface area contributed by atoms with Crippen LogP contribution in [0.3, 0.4) is 0 Å². The number of carbonyl (C=O) groups excluding carboxylic acids is 3. The van der Waals surface area contributed by atoms with E-state index in [0.29, 0.717) is 17.4 Å². The Bertz CT molecular complexity index is 1190. The second-order valence-corrected chi connectivity index (χ2v) is 8.90. The largest absolute Gasteiger partial charge is 0.350 e. The number of rotatable bonds is 10. The lowest BCUT2D eigenvalue weighted by Crippen LogP contribution is -2.41. The van der Waals surface area contributed by atoms with E-state index in [-0.39, 0.29) is 49.5 Å². The molecule has 8 heteroatoms. The molecule has 3 amide bonds. The van der Waals surface area contributed by atoms with Crippen molar-refractivity contribution in [2.45, 2.75) is 46.1 Å². The summed E-state index contributed by atoms with van der Waals surface area (Å²) in [6.45, 7) is 6.04. The highest BCUT2D eigenvalue weighted by molar-refractivity contribution is 6.01. The molecule has 188 valence electrons. The molecule has 0 saturated heterocycles. The molecule has 3 rings (SSSR count). The van der Waals surface area contributed by atoms with Crippen molar-refractivity contribution in [3.63, 3.8) is 0 Å². The zero-order valence-electron chi connectivity index (χ0n) is 20.8. The molecule has 1 heterocycles. The molecule has 0 aliphatic rings. The molecule has 7 nitrogen and oxygen atoms in total. The van der Waals surface area contributed by atoms with Gasteiger partial charge in [-0.3, -0.25) is 14.4 Å². The van der Waals surface area contributed by atoms with E-state index in [4.69, 9.17) is 0 Å². The van der Waals surface area contributed by atoms with Crippen LogP contribution >= 0.6 is 0 Å². The summed E-state index contributed by atoms with van der Waals surface area (Å²) in [5, 5.41) is 5.46. The zero-order chi connectivity index (χ0) is 26.1. The van der Waals surface area contributed by atoms with Crippen LogP contribution in [0.4, 0.5) is 15.9 Å². The molecule has 0 aliphatic heterocycles. The van der Waals surface area contributed by atoms with Crippen molar-refractivity contribution in [2.24, 2.45) is 0 Å². The van der Waals surface area contributed by atoms with E-state index >= 15 is 0 Å². The number of amides is 3. The first-order valence-corrected chi connectivity index (χ1v) is 11.8. The summed E-state index contributed by atoms with van der Waals surface area (Å²) in [7, 11) is 0. The van der Waals surface area contributed by atoms with Gasteiger partial charge in [0.25, 0.3) is 0 Å². The Morgan fingerprint density at radius 2 is 1.64 bits per heavy atom. The molecule has 2 N–H and O–H groups in total. The highest BCUT2D eigenvalue weighted by Crippen LogP contribution is 2.21. The summed E-state index contributed by atoms with van der Waals surface area (Å²) >= 11 is 0. The van der Waals surface area contributed by atoms with Crippen LogP contribution in [0.2, 0.25) is 0 Å². The lowest BCUT2D eigenvalue weighted by molar-refractivity contribution is -0.125. The lowest BCUT2D eigenvalue weighted by atomic mass is 10.0. The summed E-state index contributed by atoms with van der Waals surface area (Å²) < 4.78 is 13.1. The Kier molecular flexibility index (Phi) is 9.27. The van der Waals surface area contributed by atoms with Gasteiger partial charge in [-0.2, -0.15) is 0 Å². The molecule has 0 radical (unpaired) electrons. The molecule has 0 saturated carbocycles. The van der Waals surface area contributed by atoms with Crippen molar-refractivity contribution in [1.29, 1.82) is 0 Å². The molecular formula is C28H31FN4O3. The van der Waals surface area contributed by atoms with E-state index < -0.39 is 0 Å². The Hall–Kier alpha value is -4.07. The zero-order valence-corrected chi connectivity index (χ0v) is 20.8. The average Bonchev–Trinajstić information content (AvgIpc) is 2.85. The van der Waals surface area contributed by atoms with Crippen LogP contribution in [0.25, 0.3) is 0 Å². The summed E-state index contributed by atoms with van der Waals surface area (Å²) in [5.74, 6) is -0.660. The topological polar surface area (TPSA) is 91.4 Å². The predicted octanol–water partition coefficient (Wildman–Crippen LogP) is 4.72. The van der Waals surface area contributed by atoms with E-state index in [1.165, 1.54) is 17.0 Å². The molecule has 0 unspecified atom stereocenters. The Balaban J connectivity index is 1.65. The van der Waals surface area contributed by atoms with Crippen LogP contribution in [0.15, 0.2) is 66.9 Å². The molecule has 0 bridgehead atoms. The van der Waals surface area contributed by atoms with Crippen LogP contribution in [-0.4, -0.2) is 29.3 Å². The molecule has 0 aliphatic carbocycles. The van der Waals surface area contributed by atoms with Gasteiger partial charge in [0.05, 0.1) is 0 Å². The fourth-order valence-corrected chi connectivity index (χ4v) is 3.53. The van der Waals surface area contributed by atoms with Gasteiger partial charge in [-0.05, 0) is 65.9 Å². The third kappa shape index (κ3) is 8.01. The van der Waals surface area contributed by atoms with Crippen LogP contribution in [0.1, 0.15) is 49.3 Å². The van der Waals surface area contributed by atoms with Gasteiger partial charge in [0.15, 0.2) is 0 Å². The molecular weight excluding hydrogens is 459 g/mol. The number of nitrogens with one attached hydrogen (secondary N) is 2. The number of carbonyl (C=O) groups is 3. The number of hydrogen-bond donors (Lipinski definition) is 2. The second kappa shape index (κ2) is 12.6. The minimum atomic E-state index is -0.367. The highest BCUT2D eigenvalue weighted by Gasteiger charge is 2.20. The highest BCUT2D eigenvalue weighted by atomic mass is 19.1. The number of halogens is 1. The number of pyridine rings is 1. The van der Waals surface area contributed by atoms with E-state index in [2.05, 4.69) is 29.5 Å². The first-order chi connectivity index (χ1) is 17.2. The summed E-state index contributed by atoms with van der Waals surface area (Å²) in [6.07, 6.45) is 1.48. The molecule has 3 aromatic rings. The number of aromatic nitrogens is 1. The number of hydrogen-bond acceptors (Lipinski definition) is 4. The van der Waals surface area contributed by atoms with Gasteiger partial charge >= 0.3 is 0 Å². The Labute approximate surface area is 210 Å². The molecule has 2 aromatic carbocycles. The summed E-state index contributed by atoms with van der Waals surface area (Å²) in [6, 6.07) is 16.8. The van der Waals surface area contributed by atoms with Gasteiger partial charge in [-0.1, -0.05) is 38.1 Å². The van der Waals surface area contributed by atoms with E-state index in [9.17, 15) is 18.8 Å². The van der Waals surface area contributed by atoms with Crippen molar-refractivity contribution >= 4 is 29.2 Å². The van der Waals surface area contributed by atoms with E-state index in [1.807, 2.05) is 25.1 Å². The third-order valence-corrected chi connectivity index (χ3v) is 5.63. The van der Waals surface area contributed by atoms with Crippen LogP contribution in [0.5, 0.6) is 0 Å². The summed E-state index contributed by atoms with van der Waals surface area (Å²) in [4.78, 5) is 43.7. The molecule has 0 fully saturated rings. The van der Waals surface area contributed by atoms with Crippen LogP contribution in [0, 0.1) is 12.7 Å². The summed E-state index contributed by atoms with van der Waals surface area (Å²) in [5.41, 5.74) is 3.38. The van der Waals surface area contributed by atoms with Crippen LogP contribution < -0.4 is 15.5 Å². The van der Waals surface area contributed by atoms with Gasteiger partial charge < -0.3 is 15.5 Å². The van der Waals surface area contributed by atoms with Crippen molar-refractivity contribution in [2.75, 3.05) is 16.8 Å². The van der Waals surface area contributed by atoms with Crippen molar-refractivity contribution in [1.82, 2.24) is 10.3 Å². The minimum absolute atomic E-state index is 0.0494. The van der Waals surface area contributed by atoms with Crippen LogP contribution in [-0.2, 0) is 20.9 Å². The maximum atomic E-state index is 13.1. The second-order valence-electron chi connectivity index (χ2n) is 8.90. The average molecular weight is 491 g/mol. The number of nitrogens with zero attached hydrogens (tertiary/aromatic N) is 2. The van der Waals surface area contributed by atoms with Gasteiger partial charge in [0.2, 0.25) is 17.7 Å². The maximum Gasteiger partial charge on any atom is 0.240 e. The SMILES string of the molecule is Cc1ccnc(NC(=O)CCC(=O)N(CC(=O)NCc2ccc(F)cc2)c2ccc(C(C)C)cc2)c1. The van der Waals surface area contributed by atoms with Crippen molar-refractivity contribution < 1.29 is 18.8 Å². The number of aryl methyl sites for hydroxylation is 1. The Morgan fingerprint density at radius 3 is 2.28 bits per heavy atom. The minimum Gasteiger partial charge on any atom is -0.350 e. The van der Waals surface area contributed by atoms with Crippen molar-refractivity contribution in [3.05, 3.63) is 89.4 Å². The smallest absolute Gasteiger partial charge is 0.240 e. The fraction of sp³-hybridized carbons (Fsp3) is 0.286. The molecule has 0 atom stereocenters. The first-order valence-electron chi connectivity index (χ1n) is 11.8.